The number of ether oxygens (including phenoxy) is 4. The molecule has 7 heteroatoms. The molecular formula is C46H40N2O4S. The lowest BCUT2D eigenvalue weighted by Gasteiger charge is -2.22. The van der Waals surface area contributed by atoms with Crippen molar-refractivity contribution >= 4 is 38.4 Å². The molecule has 1 aromatic heterocycles. The number of rotatable bonds is 12. The summed E-state index contributed by atoms with van der Waals surface area (Å²) >= 11 is 1.71. The monoisotopic (exact) mass is 716 g/mol. The Bertz CT molecular complexity index is 2150. The van der Waals surface area contributed by atoms with Crippen LogP contribution in [0.4, 0.5) is 5.69 Å². The molecule has 6 aromatic carbocycles. The maximum Gasteiger partial charge on any atom is 0.124 e. The smallest absolute Gasteiger partial charge is 0.124 e. The molecule has 0 unspecified atom stereocenters. The Morgan fingerprint density at radius 3 is 1.28 bits per heavy atom. The van der Waals surface area contributed by atoms with Gasteiger partial charge < -0.3 is 23.8 Å². The maximum absolute atomic E-state index is 5.51. The highest BCUT2D eigenvalue weighted by atomic mass is 32.1. The van der Waals surface area contributed by atoms with Crippen LogP contribution in [0.5, 0.6) is 23.0 Å². The van der Waals surface area contributed by atoms with E-state index in [9.17, 15) is 0 Å². The minimum atomic E-state index is 0.793. The summed E-state index contributed by atoms with van der Waals surface area (Å²) in [5.41, 5.74) is 10.4. The lowest BCUT2D eigenvalue weighted by Crippen LogP contribution is -2.11. The summed E-state index contributed by atoms with van der Waals surface area (Å²) in [5.74, 6) is 3.17. The van der Waals surface area contributed by atoms with E-state index in [2.05, 4.69) is 115 Å². The van der Waals surface area contributed by atoms with Gasteiger partial charge in [-0.3, -0.25) is 0 Å². The number of aryl methyl sites for hydroxylation is 1. The van der Waals surface area contributed by atoms with Gasteiger partial charge in [-0.2, -0.15) is 0 Å². The largest absolute Gasteiger partial charge is 0.497 e. The van der Waals surface area contributed by atoms with Crippen LogP contribution in [-0.4, -0.2) is 33.4 Å². The zero-order valence-corrected chi connectivity index (χ0v) is 31.2. The molecular weight excluding hydrogens is 677 g/mol. The van der Waals surface area contributed by atoms with E-state index >= 15 is 0 Å². The van der Waals surface area contributed by atoms with Gasteiger partial charge in [-0.1, -0.05) is 54.6 Å². The third-order valence-electron chi connectivity index (χ3n) is 9.10. The van der Waals surface area contributed by atoms with Crippen molar-refractivity contribution in [3.63, 3.8) is 0 Å². The van der Waals surface area contributed by atoms with E-state index in [-0.39, 0.29) is 0 Å². The normalized spacial score (nSPS) is 10.7. The summed E-state index contributed by atoms with van der Waals surface area (Å²) in [6.45, 7) is 2.10. The van der Waals surface area contributed by atoms with Crippen molar-refractivity contribution in [2.24, 2.45) is 0 Å². The molecule has 0 saturated heterocycles. The van der Waals surface area contributed by atoms with E-state index in [0.29, 0.717) is 0 Å². The molecule has 7 rings (SSSR count). The molecule has 6 nitrogen and oxygen atoms in total. The number of methoxy groups -OCH3 is 4. The standard InChI is InChI=1S/C46H40N2O4S/c1-31-6-27-45-44(28-31)47-46(53-45)36-7-17-37(18-8-36)48(29-42(32-9-19-38(49-2)20-10-32)33-11-21-39(50-3)22-12-33)30-43(34-13-23-40(51-4)24-14-34)35-15-25-41(52-5)26-16-35/h6-30H,1-5H3. The average Bonchev–Trinajstić information content (AvgIpc) is 3.65. The average molecular weight is 717 g/mol. The second kappa shape index (κ2) is 15.9. The fraction of sp³-hybridized carbons (Fsp3) is 0.109. The van der Waals surface area contributed by atoms with Gasteiger partial charge in [-0.05, 0) is 120 Å². The lowest BCUT2D eigenvalue weighted by molar-refractivity contribution is 0.414. The predicted molar refractivity (Wildman–Crippen MR) is 218 cm³/mol. The molecule has 0 spiro atoms. The van der Waals surface area contributed by atoms with Crippen molar-refractivity contribution in [2.45, 2.75) is 6.92 Å². The number of hydrogen-bond donors (Lipinski definition) is 0. The van der Waals surface area contributed by atoms with E-state index in [1.165, 1.54) is 10.3 Å². The minimum Gasteiger partial charge on any atom is -0.497 e. The number of hydrogen-bond acceptors (Lipinski definition) is 7. The number of nitrogens with zero attached hydrogens (tertiary/aromatic N) is 2. The van der Waals surface area contributed by atoms with Gasteiger partial charge in [0.05, 0.1) is 38.7 Å². The van der Waals surface area contributed by atoms with Crippen molar-refractivity contribution < 1.29 is 18.9 Å². The summed E-state index contributed by atoms with van der Waals surface area (Å²) in [6, 6.07) is 47.6. The van der Waals surface area contributed by atoms with Crippen LogP contribution in [0.1, 0.15) is 27.8 Å². The van der Waals surface area contributed by atoms with Crippen LogP contribution >= 0.6 is 11.3 Å². The Morgan fingerprint density at radius 1 is 0.509 bits per heavy atom. The van der Waals surface area contributed by atoms with Crippen LogP contribution in [0.3, 0.4) is 0 Å². The first-order chi connectivity index (χ1) is 25.9. The van der Waals surface area contributed by atoms with Crippen LogP contribution < -0.4 is 23.8 Å². The van der Waals surface area contributed by atoms with E-state index in [1.54, 1.807) is 39.8 Å². The van der Waals surface area contributed by atoms with Gasteiger partial charge in [-0.25, -0.2) is 4.98 Å². The number of benzene rings is 6. The van der Waals surface area contributed by atoms with Crippen molar-refractivity contribution in [1.82, 2.24) is 4.98 Å². The molecule has 0 aliphatic rings. The first-order valence-electron chi connectivity index (χ1n) is 17.2. The summed E-state index contributed by atoms with van der Waals surface area (Å²) in [7, 11) is 6.72. The Balaban J connectivity index is 1.42. The van der Waals surface area contributed by atoms with Gasteiger partial charge in [-0.15, -0.1) is 11.3 Å². The van der Waals surface area contributed by atoms with Crippen LogP contribution in [-0.2, 0) is 0 Å². The molecule has 264 valence electrons. The number of thiazole rings is 1. The molecule has 0 bridgehead atoms. The second-order valence-corrected chi connectivity index (χ2v) is 13.5. The summed E-state index contributed by atoms with van der Waals surface area (Å²) in [5, 5.41) is 0.990. The highest BCUT2D eigenvalue weighted by Crippen LogP contribution is 2.35. The van der Waals surface area contributed by atoms with Crippen LogP contribution in [0.25, 0.3) is 31.9 Å². The van der Waals surface area contributed by atoms with E-state index < -0.39 is 0 Å². The number of aromatic nitrogens is 1. The van der Waals surface area contributed by atoms with Crippen molar-refractivity contribution in [3.05, 3.63) is 180 Å². The third kappa shape index (κ3) is 7.96. The molecule has 0 aliphatic carbocycles. The molecule has 0 aliphatic heterocycles. The molecule has 53 heavy (non-hydrogen) atoms. The lowest BCUT2D eigenvalue weighted by atomic mass is 9.97. The fourth-order valence-electron chi connectivity index (χ4n) is 6.12. The Kier molecular flexibility index (Phi) is 10.6. The Hall–Kier alpha value is -6.31. The zero-order valence-electron chi connectivity index (χ0n) is 30.4. The summed E-state index contributed by atoms with van der Waals surface area (Å²) < 4.78 is 23.2. The maximum atomic E-state index is 5.51. The first kappa shape index (κ1) is 35.1. The highest BCUT2D eigenvalue weighted by molar-refractivity contribution is 7.21. The quantitative estimate of drug-likeness (QED) is 0.125. The van der Waals surface area contributed by atoms with Gasteiger partial charge in [0, 0.05) is 34.8 Å². The molecule has 0 fully saturated rings. The number of anilines is 1. The third-order valence-corrected chi connectivity index (χ3v) is 10.2. The molecule has 0 N–H and O–H groups in total. The van der Waals surface area contributed by atoms with Gasteiger partial charge in [0.1, 0.15) is 28.0 Å². The van der Waals surface area contributed by atoms with E-state index in [1.807, 2.05) is 48.5 Å². The first-order valence-corrected chi connectivity index (χ1v) is 18.0. The van der Waals surface area contributed by atoms with Crippen LogP contribution in [0, 0.1) is 6.92 Å². The molecule has 0 atom stereocenters. The molecule has 7 aromatic rings. The van der Waals surface area contributed by atoms with Crippen molar-refractivity contribution in [3.8, 4) is 33.6 Å². The molecule has 0 saturated carbocycles. The molecule has 0 radical (unpaired) electrons. The molecule has 0 amide bonds. The van der Waals surface area contributed by atoms with Gasteiger partial charge in [0.15, 0.2) is 0 Å². The summed E-state index contributed by atoms with van der Waals surface area (Å²) in [4.78, 5) is 7.16. The van der Waals surface area contributed by atoms with Gasteiger partial charge in [0.25, 0.3) is 0 Å². The second-order valence-electron chi connectivity index (χ2n) is 12.4. The van der Waals surface area contributed by atoms with E-state index in [4.69, 9.17) is 23.9 Å². The van der Waals surface area contributed by atoms with Crippen molar-refractivity contribution in [1.29, 1.82) is 0 Å². The van der Waals surface area contributed by atoms with Gasteiger partial charge >= 0.3 is 0 Å². The summed E-state index contributed by atoms with van der Waals surface area (Å²) in [6.07, 6.45) is 4.37. The Labute approximate surface area is 314 Å². The predicted octanol–water partition coefficient (Wildman–Crippen LogP) is 11.3. The minimum absolute atomic E-state index is 0.793. The van der Waals surface area contributed by atoms with Crippen LogP contribution in [0.15, 0.2) is 152 Å². The van der Waals surface area contributed by atoms with E-state index in [0.717, 1.165) is 78.2 Å². The Morgan fingerprint density at radius 2 is 0.906 bits per heavy atom. The topological polar surface area (TPSA) is 53.1 Å². The molecule has 1 heterocycles. The SMILES string of the molecule is COc1ccc(C(=CN(C=C(c2ccc(OC)cc2)c2ccc(OC)cc2)c2ccc(-c3nc4cc(C)ccc4s3)cc2)c2ccc(OC)cc2)cc1. The highest BCUT2D eigenvalue weighted by Gasteiger charge is 2.15. The van der Waals surface area contributed by atoms with Crippen LogP contribution in [0.2, 0.25) is 0 Å². The number of fused-ring (bicyclic) bond motifs is 1. The van der Waals surface area contributed by atoms with Crippen molar-refractivity contribution in [2.75, 3.05) is 33.3 Å². The zero-order chi connectivity index (χ0) is 36.7. The fourth-order valence-corrected chi connectivity index (χ4v) is 7.07. The van der Waals surface area contributed by atoms with Gasteiger partial charge in [0.2, 0.25) is 0 Å².